The Morgan fingerprint density at radius 3 is 2.85 bits per heavy atom. The number of rotatable bonds is 4. The Balaban J connectivity index is 1.59. The first-order valence-corrected chi connectivity index (χ1v) is 9.56. The summed E-state index contributed by atoms with van der Waals surface area (Å²) in [5, 5.41) is 2.96. The normalized spacial score (nSPS) is 16.9. The number of ether oxygens (including phenoxy) is 1. The SMILES string of the molecule is Cc1nc2cc(C(=O)NCC3CCCO3)ccc2n1-c1ccc(Br)cc1. The number of carbonyl (C=O) groups is 1. The third-order valence-electron chi connectivity index (χ3n) is 4.68. The molecule has 134 valence electrons. The second-order valence-corrected chi connectivity index (χ2v) is 7.44. The van der Waals surface area contributed by atoms with E-state index in [0.29, 0.717) is 12.1 Å². The first-order valence-electron chi connectivity index (χ1n) is 8.76. The number of benzene rings is 2. The number of imidazole rings is 1. The molecule has 0 bridgehead atoms. The second-order valence-electron chi connectivity index (χ2n) is 6.52. The fourth-order valence-corrected chi connectivity index (χ4v) is 3.64. The van der Waals surface area contributed by atoms with E-state index in [0.717, 1.165) is 46.5 Å². The molecule has 2 aromatic carbocycles. The predicted molar refractivity (Wildman–Crippen MR) is 105 cm³/mol. The van der Waals surface area contributed by atoms with Gasteiger partial charge in [0.25, 0.3) is 5.91 Å². The van der Waals surface area contributed by atoms with Crippen LogP contribution in [0.2, 0.25) is 0 Å². The lowest BCUT2D eigenvalue weighted by Crippen LogP contribution is -2.31. The average molecular weight is 414 g/mol. The topological polar surface area (TPSA) is 56.1 Å². The third-order valence-corrected chi connectivity index (χ3v) is 5.21. The lowest BCUT2D eigenvalue weighted by Gasteiger charge is -2.11. The summed E-state index contributed by atoms with van der Waals surface area (Å²) in [6, 6.07) is 13.8. The fourth-order valence-electron chi connectivity index (χ4n) is 3.37. The van der Waals surface area contributed by atoms with Crippen LogP contribution < -0.4 is 5.32 Å². The molecule has 6 heteroatoms. The minimum absolute atomic E-state index is 0.0850. The Morgan fingerprint density at radius 1 is 1.31 bits per heavy atom. The highest BCUT2D eigenvalue weighted by atomic mass is 79.9. The van der Waals surface area contributed by atoms with E-state index < -0.39 is 0 Å². The molecule has 0 aliphatic carbocycles. The molecule has 5 nitrogen and oxygen atoms in total. The van der Waals surface area contributed by atoms with Crippen LogP contribution in [0.3, 0.4) is 0 Å². The number of fused-ring (bicyclic) bond motifs is 1. The molecule has 1 aliphatic rings. The van der Waals surface area contributed by atoms with Gasteiger partial charge in [-0.15, -0.1) is 0 Å². The molecule has 1 aromatic heterocycles. The van der Waals surface area contributed by atoms with Crippen molar-refractivity contribution in [3.8, 4) is 5.69 Å². The smallest absolute Gasteiger partial charge is 0.251 e. The second kappa shape index (κ2) is 7.21. The van der Waals surface area contributed by atoms with E-state index in [-0.39, 0.29) is 12.0 Å². The van der Waals surface area contributed by atoms with Gasteiger partial charge in [0.2, 0.25) is 0 Å². The minimum atomic E-state index is -0.0850. The van der Waals surface area contributed by atoms with Crippen LogP contribution in [-0.2, 0) is 4.74 Å². The van der Waals surface area contributed by atoms with Crippen LogP contribution >= 0.6 is 15.9 Å². The number of aromatic nitrogens is 2. The predicted octanol–water partition coefficient (Wildman–Crippen LogP) is 4.01. The zero-order chi connectivity index (χ0) is 18.1. The highest BCUT2D eigenvalue weighted by Crippen LogP contribution is 2.23. The first kappa shape index (κ1) is 17.2. The molecule has 4 rings (SSSR count). The van der Waals surface area contributed by atoms with Crippen LogP contribution in [0.25, 0.3) is 16.7 Å². The summed E-state index contributed by atoms with van der Waals surface area (Å²) < 4.78 is 8.68. The largest absolute Gasteiger partial charge is 0.376 e. The highest BCUT2D eigenvalue weighted by Gasteiger charge is 2.17. The van der Waals surface area contributed by atoms with Gasteiger partial charge in [-0.3, -0.25) is 9.36 Å². The maximum Gasteiger partial charge on any atom is 0.251 e. The van der Waals surface area contributed by atoms with Gasteiger partial charge in [0.05, 0.1) is 17.1 Å². The van der Waals surface area contributed by atoms with Crippen molar-refractivity contribution in [2.45, 2.75) is 25.9 Å². The van der Waals surface area contributed by atoms with Gasteiger partial charge in [-0.25, -0.2) is 4.98 Å². The quantitative estimate of drug-likeness (QED) is 0.702. The van der Waals surface area contributed by atoms with Crippen LogP contribution in [0.15, 0.2) is 46.9 Å². The Labute approximate surface area is 160 Å². The molecule has 1 unspecified atom stereocenters. The molecule has 1 saturated heterocycles. The zero-order valence-corrected chi connectivity index (χ0v) is 16.1. The van der Waals surface area contributed by atoms with Gasteiger partial charge in [-0.1, -0.05) is 15.9 Å². The molecular formula is C20H20BrN3O2. The van der Waals surface area contributed by atoms with Gasteiger partial charge in [0, 0.05) is 28.9 Å². The fraction of sp³-hybridized carbons (Fsp3) is 0.300. The summed E-state index contributed by atoms with van der Waals surface area (Å²) in [5.41, 5.74) is 3.47. The maximum atomic E-state index is 12.4. The summed E-state index contributed by atoms with van der Waals surface area (Å²) in [4.78, 5) is 17.1. The highest BCUT2D eigenvalue weighted by molar-refractivity contribution is 9.10. The van der Waals surface area contributed by atoms with Crippen molar-refractivity contribution in [2.24, 2.45) is 0 Å². The molecule has 1 fully saturated rings. The minimum Gasteiger partial charge on any atom is -0.376 e. The number of halogens is 1. The van der Waals surface area contributed by atoms with Crippen molar-refractivity contribution in [1.29, 1.82) is 0 Å². The molecule has 1 aliphatic heterocycles. The standard InChI is InChI=1S/C20H20BrN3O2/c1-13-23-18-11-14(20(25)22-12-17-3-2-10-26-17)4-9-19(18)24(13)16-7-5-15(21)6-8-16/h4-9,11,17H,2-3,10,12H2,1H3,(H,22,25). The molecule has 0 spiro atoms. The molecule has 2 heterocycles. The van der Waals surface area contributed by atoms with Crippen molar-refractivity contribution in [1.82, 2.24) is 14.9 Å². The van der Waals surface area contributed by atoms with Crippen molar-refractivity contribution in [3.05, 3.63) is 58.3 Å². The van der Waals surface area contributed by atoms with Gasteiger partial charge < -0.3 is 10.1 Å². The van der Waals surface area contributed by atoms with Crippen molar-refractivity contribution >= 4 is 32.9 Å². The Morgan fingerprint density at radius 2 is 2.12 bits per heavy atom. The molecule has 0 radical (unpaired) electrons. The van der Waals surface area contributed by atoms with E-state index >= 15 is 0 Å². The summed E-state index contributed by atoms with van der Waals surface area (Å²) >= 11 is 3.46. The Bertz CT molecular complexity index is 944. The maximum absolute atomic E-state index is 12.4. The summed E-state index contributed by atoms with van der Waals surface area (Å²) in [7, 11) is 0. The lowest BCUT2D eigenvalue weighted by atomic mass is 10.1. The molecular weight excluding hydrogens is 394 g/mol. The van der Waals surface area contributed by atoms with Crippen molar-refractivity contribution < 1.29 is 9.53 Å². The number of aryl methyl sites for hydroxylation is 1. The number of hydrogen-bond donors (Lipinski definition) is 1. The van der Waals surface area contributed by atoms with Gasteiger partial charge in [-0.05, 0) is 62.2 Å². The first-order chi connectivity index (χ1) is 12.6. The van der Waals surface area contributed by atoms with Gasteiger partial charge >= 0.3 is 0 Å². The Kier molecular flexibility index (Phi) is 4.78. The molecule has 26 heavy (non-hydrogen) atoms. The van der Waals surface area contributed by atoms with Crippen LogP contribution in [0.1, 0.15) is 29.0 Å². The summed E-state index contributed by atoms with van der Waals surface area (Å²) in [6.45, 7) is 3.32. The molecule has 1 N–H and O–H groups in total. The van der Waals surface area contributed by atoms with Crippen molar-refractivity contribution in [2.75, 3.05) is 13.2 Å². The monoisotopic (exact) mass is 413 g/mol. The van der Waals surface area contributed by atoms with Crippen LogP contribution in [0.5, 0.6) is 0 Å². The van der Waals surface area contributed by atoms with E-state index in [1.54, 1.807) is 0 Å². The van der Waals surface area contributed by atoms with E-state index in [1.165, 1.54) is 0 Å². The summed E-state index contributed by atoms with van der Waals surface area (Å²) in [5.74, 6) is 0.803. The van der Waals surface area contributed by atoms with E-state index in [2.05, 4.69) is 30.8 Å². The van der Waals surface area contributed by atoms with Crippen LogP contribution in [-0.4, -0.2) is 34.7 Å². The average Bonchev–Trinajstić information content (AvgIpc) is 3.27. The van der Waals surface area contributed by atoms with Gasteiger partial charge in [-0.2, -0.15) is 0 Å². The van der Waals surface area contributed by atoms with E-state index in [4.69, 9.17) is 4.74 Å². The number of nitrogens with zero attached hydrogens (tertiary/aromatic N) is 2. The molecule has 1 atom stereocenters. The number of nitrogens with one attached hydrogen (secondary N) is 1. The molecule has 0 saturated carbocycles. The third kappa shape index (κ3) is 3.39. The van der Waals surface area contributed by atoms with Crippen LogP contribution in [0, 0.1) is 6.92 Å². The molecule has 3 aromatic rings. The zero-order valence-electron chi connectivity index (χ0n) is 14.5. The van der Waals surface area contributed by atoms with Crippen LogP contribution in [0.4, 0.5) is 0 Å². The number of carbonyl (C=O) groups excluding carboxylic acids is 1. The van der Waals surface area contributed by atoms with Crippen molar-refractivity contribution in [3.63, 3.8) is 0 Å². The van der Waals surface area contributed by atoms with Gasteiger partial charge in [0.1, 0.15) is 5.82 Å². The van der Waals surface area contributed by atoms with E-state index in [9.17, 15) is 4.79 Å². The lowest BCUT2D eigenvalue weighted by molar-refractivity contribution is 0.0858. The Hall–Kier alpha value is -2.18. The summed E-state index contributed by atoms with van der Waals surface area (Å²) in [6.07, 6.45) is 2.22. The van der Waals surface area contributed by atoms with E-state index in [1.807, 2.05) is 49.4 Å². The molecule has 1 amide bonds. The van der Waals surface area contributed by atoms with Gasteiger partial charge in [0.15, 0.2) is 0 Å². The number of hydrogen-bond acceptors (Lipinski definition) is 3. The number of amides is 1.